The summed E-state index contributed by atoms with van der Waals surface area (Å²) >= 11 is 12.2. The summed E-state index contributed by atoms with van der Waals surface area (Å²) in [6, 6.07) is 12.5. The summed E-state index contributed by atoms with van der Waals surface area (Å²) in [5, 5.41) is 15.3. The number of halogens is 2. The van der Waals surface area contributed by atoms with E-state index < -0.39 is 12.0 Å². The molecule has 3 N–H and O–H groups in total. The Balaban J connectivity index is 1.90. The Kier molecular flexibility index (Phi) is 3.76. The maximum absolute atomic E-state index is 11.5. The van der Waals surface area contributed by atoms with Crippen LogP contribution < -0.4 is 10.4 Å². The quantitative estimate of drug-likeness (QED) is 0.731. The molecule has 0 amide bonds. The van der Waals surface area contributed by atoms with Gasteiger partial charge in [0.25, 0.3) is 0 Å². The number of benzene rings is 2. The van der Waals surface area contributed by atoms with Gasteiger partial charge in [0, 0.05) is 22.9 Å². The summed E-state index contributed by atoms with van der Waals surface area (Å²) in [6.07, 6.45) is 0.430. The molecular weight excluding hydrogens is 347 g/mol. The van der Waals surface area contributed by atoms with Gasteiger partial charge in [-0.05, 0) is 23.8 Å². The topological polar surface area (TPSA) is 72.5 Å². The molecule has 0 fully saturated rings. The van der Waals surface area contributed by atoms with E-state index in [0.717, 1.165) is 27.7 Å². The lowest BCUT2D eigenvalue weighted by Gasteiger charge is -2.29. The molecule has 122 valence electrons. The first-order chi connectivity index (χ1) is 11.5. The summed E-state index contributed by atoms with van der Waals surface area (Å²) in [6.45, 7) is 0. The van der Waals surface area contributed by atoms with Gasteiger partial charge in [0.1, 0.15) is 6.04 Å². The molecule has 6 heteroatoms. The van der Waals surface area contributed by atoms with E-state index in [1.54, 1.807) is 12.1 Å². The minimum absolute atomic E-state index is 0.196. The van der Waals surface area contributed by atoms with Crippen molar-refractivity contribution in [1.29, 1.82) is 0 Å². The summed E-state index contributed by atoms with van der Waals surface area (Å²) in [5.74, 6) is -1.06. The molecule has 24 heavy (non-hydrogen) atoms. The van der Waals surface area contributed by atoms with E-state index in [2.05, 4.69) is 4.98 Å². The van der Waals surface area contributed by atoms with E-state index in [0.29, 0.717) is 16.5 Å². The molecule has 1 aliphatic rings. The molecule has 1 aromatic heterocycles. The molecule has 0 saturated carbocycles. The lowest BCUT2D eigenvalue weighted by molar-refractivity contribution is -0.717. The molecule has 4 nitrogen and oxygen atoms in total. The predicted molar refractivity (Wildman–Crippen MR) is 91.0 cm³/mol. The smallest absolute Gasteiger partial charge is 0.153 e. The summed E-state index contributed by atoms with van der Waals surface area (Å²) in [7, 11) is 0. The van der Waals surface area contributed by atoms with E-state index in [-0.39, 0.29) is 6.04 Å². The standard InChI is InChI=1S/C18H14Cl2N2O2/c19-12-6-5-9(7-13(12)20)16-17-11(8-15(22-16)18(23)24)10-3-1-2-4-14(10)21-17/h1-7,15-16,21-22H,8H2,(H,23,24)/t15-,16+/m0/s1. The largest absolute Gasteiger partial charge is 0.544 e. The van der Waals surface area contributed by atoms with Crippen molar-refractivity contribution >= 4 is 40.1 Å². The number of carboxylic acid groups (broad SMARTS) is 1. The molecule has 0 saturated heterocycles. The predicted octanol–water partition coefficient (Wildman–Crippen LogP) is 1.80. The molecule has 2 heterocycles. The van der Waals surface area contributed by atoms with Crippen molar-refractivity contribution in [2.45, 2.75) is 18.5 Å². The van der Waals surface area contributed by atoms with Gasteiger partial charge in [-0.3, -0.25) is 0 Å². The van der Waals surface area contributed by atoms with Crippen LogP contribution in [0.15, 0.2) is 42.5 Å². The molecule has 0 unspecified atom stereocenters. The van der Waals surface area contributed by atoms with Crippen LogP contribution in [0.3, 0.4) is 0 Å². The number of carbonyl (C=O) groups is 1. The number of carboxylic acids is 1. The van der Waals surface area contributed by atoms with Crippen LogP contribution in [0, 0.1) is 0 Å². The fourth-order valence-corrected chi connectivity index (χ4v) is 3.77. The minimum atomic E-state index is -1.06. The summed E-state index contributed by atoms with van der Waals surface area (Å²) in [5.41, 5.74) is 3.94. The molecule has 0 bridgehead atoms. The van der Waals surface area contributed by atoms with Gasteiger partial charge in [0.2, 0.25) is 0 Å². The summed E-state index contributed by atoms with van der Waals surface area (Å²) in [4.78, 5) is 15.0. The van der Waals surface area contributed by atoms with Crippen LogP contribution in [0.1, 0.15) is 22.9 Å². The highest BCUT2D eigenvalue weighted by atomic mass is 35.5. The van der Waals surface area contributed by atoms with Crippen molar-refractivity contribution in [2.24, 2.45) is 0 Å². The monoisotopic (exact) mass is 360 g/mol. The molecule has 4 rings (SSSR count). The van der Waals surface area contributed by atoms with Crippen LogP contribution >= 0.6 is 23.2 Å². The van der Waals surface area contributed by atoms with Crippen LogP contribution in [-0.2, 0) is 11.2 Å². The molecule has 3 aromatic rings. The molecular formula is C18H14Cl2N2O2. The van der Waals surface area contributed by atoms with Gasteiger partial charge in [-0.1, -0.05) is 47.5 Å². The van der Waals surface area contributed by atoms with E-state index in [9.17, 15) is 9.90 Å². The molecule has 0 aliphatic carbocycles. The average molecular weight is 361 g/mol. The second-order valence-electron chi connectivity index (χ2n) is 6.04. The highest BCUT2D eigenvalue weighted by Crippen LogP contribution is 2.33. The zero-order valence-electron chi connectivity index (χ0n) is 12.6. The first kappa shape index (κ1) is 15.5. The van der Waals surface area contributed by atoms with Gasteiger partial charge in [-0.15, -0.1) is 0 Å². The minimum Gasteiger partial charge on any atom is -0.544 e. The average Bonchev–Trinajstić information content (AvgIpc) is 2.95. The lowest BCUT2D eigenvalue weighted by atomic mass is 9.90. The Labute approximate surface area is 148 Å². The number of hydrogen-bond acceptors (Lipinski definition) is 2. The van der Waals surface area contributed by atoms with E-state index >= 15 is 0 Å². The Morgan fingerprint density at radius 1 is 1.17 bits per heavy atom. The number of nitrogens with one attached hydrogen (secondary N) is 1. The van der Waals surface area contributed by atoms with Gasteiger partial charge >= 0.3 is 0 Å². The van der Waals surface area contributed by atoms with Gasteiger partial charge in [0.15, 0.2) is 6.04 Å². The fourth-order valence-electron chi connectivity index (χ4n) is 3.47. The van der Waals surface area contributed by atoms with Crippen LogP contribution in [0.25, 0.3) is 10.9 Å². The van der Waals surface area contributed by atoms with Gasteiger partial charge in [-0.2, -0.15) is 0 Å². The van der Waals surface area contributed by atoms with Gasteiger partial charge in [-0.25, -0.2) is 0 Å². The Hall–Kier alpha value is -2.01. The van der Waals surface area contributed by atoms with Crippen molar-refractivity contribution < 1.29 is 15.2 Å². The second kappa shape index (κ2) is 5.81. The van der Waals surface area contributed by atoms with Crippen LogP contribution in [0.2, 0.25) is 10.0 Å². The Morgan fingerprint density at radius 2 is 1.96 bits per heavy atom. The van der Waals surface area contributed by atoms with Crippen molar-refractivity contribution in [1.82, 2.24) is 4.98 Å². The van der Waals surface area contributed by atoms with Gasteiger partial charge in [0.05, 0.1) is 21.7 Å². The van der Waals surface area contributed by atoms with E-state index in [1.165, 1.54) is 0 Å². The maximum atomic E-state index is 11.5. The number of aliphatic carboxylic acids is 1. The number of aromatic nitrogens is 1. The number of fused-ring (bicyclic) bond motifs is 3. The molecule has 0 radical (unpaired) electrons. The SMILES string of the molecule is O=C([O-])[C@@H]1Cc2c([nH]c3ccccc23)[C@@H](c2ccc(Cl)c(Cl)c2)[NH2+]1. The number of aromatic amines is 1. The third-order valence-corrected chi connectivity index (χ3v) is 5.35. The van der Waals surface area contributed by atoms with Crippen molar-refractivity contribution in [3.8, 4) is 0 Å². The van der Waals surface area contributed by atoms with E-state index in [4.69, 9.17) is 23.2 Å². The number of hydrogen-bond donors (Lipinski definition) is 2. The normalized spacial score (nSPS) is 20.1. The zero-order chi connectivity index (χ0) is 16.8. The lowest BCUT2D eigenvalue weighted by Crippen LogP contribution is -2.95. The molecule has 2 atom stereocenters. The Bertz CT molecular complexity index is 951. The van der Waals surface area contributed by atoms with Gasteiger partial charge < -0.3 is 20.2 Å². The second-order valence-corrected chi connectivity index (χ2v) is 6.85. The first-order valence-electron chi connectivity index (χ1n) is 7.65. The third-order valence-electron chi connectivity index (χ3n) is 4.61. The van der Waals surface area contributed by atoms with Crippen molar-refractivity contribution in [3.63, 3.8) is 0 Å². The van der Waals surface area contributed by atoms with Crippen LogP contribution in [-0.4, -0.2) is 17.0 Å². The number of rotatable bonds is 2. The molecule has 1 aliphatic heterocycles. The highest BCUT2D eigenvalue weighted by Gasteiger charge is 2.34. The van der Waals surface area contributed by atoms with E-state index in [1.807, 2.05) is 35.6 Å². The van der Waals surface area contributed by atoms with Crippen molar-refractivity contribution in [2.75, 3.05) is 0 Å². The first-order valence-corrected chi connectivity index (χ1v) is 8.40. The van der Waals surface area contributed by atoms with Crippen molar-refractivity contribution in [3.05, 3.63) is 69.3 Å². The number of para-hydroxylation sites is 1. The Morgan fingerprint density at radius 3 is 2.71 bits per heavy atom. The maximum Gasteiger partial charge on any atom is 0.153 e. The van der Waals surface area contributed by atoms with Crippen LogP contribution in [0.5, 0.6) is 0 Å². The van der Waals surface area contributed by atoms with Crippen LogP contribution in [0.4, 0.5) is 0 Å². The highest BCUT2D eigenvalue weighted by molar-refractivity contribution is 6.42. The summed E-state index contributed by atoms with van der Waals surface area (Å²) < 4.78 is 0. The number of quaternary nitrogens is 1. The molecule has 0 spiro atoms. The number of carbonyl (C=O) groups excluding carboxylic acids is 1. The number of H-pyrrole nitrogens is 1. The zero-order valence-corrected chi connectivity index (χ0v) is 14.1. The third kappa shape index (κ3) is 2.47. The number of nitrogens with two attached hydrogens (primary N) is 1. The fraction of sp³-hybridized carbons (Fsp3) is 0.167. The molecule has 2 aromatic carbocycles.